The second kappa shape index (κ2) is 4.77. The predicted molar refractivity (Wildman–Crippen MR) is 67.4 cm³/mol. The van der Waals surface area contributed by atoms with E-state index < -0.39 is 5.69 Å². The van der Waals surface area contributed by atoms with Crippen LogP contribution >= 0.6 is 0 Å². The monoisotopic (exact) mass is 263 g/mol. The summed E-state index contributed by atoms with van der Waals surface area (Å²) >= 11 is 0. The van der Waals surface area contributed by atoms with Gasteiger partial charge < -0.3 is 10.0 Å². The smallest absolute Gasteiger partial charge is 0.347 e. The highest BCUT2D eigenvalue weighted by Gasteiger charge is 2.42. The lowest BCUT2D eigenvalue weighted by Gasteiger charge is -2.37. The Kier molecular flexibility index (Phi) is 3.10. The van der Waals surface area contributed by atoms with E-state index in [1.807, 2.05) is 4.90 Å². The Bertz CT molecular complexity index is 528. The molecular weight excluding hydrogens is 246 g/mol. The van der Waals surface area contributed by atoms with Crippen molar-refractivity contribution in [2.24, 2.45) is 0 Å². The Morgan fingerprint density at radius 2 is 2.05 bits per heavy atom. The summed E-state index contributed by atoms with van der Waals surface area (Å²) in [4.78, 5) is 29.4. The van der Waals surface area contributed by atoms with Crippen molar-refractivity contribution < 1.29 is 9.90 Å². The van der Waals surface area contributed by atoms with Gasteiger partial charge in [0, 0.05) is 24.5 Å². The normalized spacial score (nSPS) is 29.5. The molecule has 1 amide bonds. The molecular formula is C13H17N3O3. The maximum Gasteiger partial charge on any atom is 0.347 e. The van der Waals surface area contributed by atoms with Crippen LogP contribution < -0.4 is 5.69 Å². The first kappa shape index (κ1) is 12.3. The molecule has 6 nitrogen and oxygen atoms in total. The van der Waals surface area contributed by atoms with Crippen LogP contribution in [0.5, 0.6) is 0 Å². The van der Waals surface area contributed by atoms with E-state index >= 15 is 0 Å². The van der Waals surface area contributed by atoms with Gasteiger partial charge in [0.1, 0.15) is 6.54 Å². The minimum absolute atomic E-state index is 0.0375. The summed E-state index contributed by atoms with van der Waals surface area (Å²) in [7, 11) is 0. The summed E-state index contributed by atoms with van der Waals surface area (Å²) in [5.41, 5.74) is -0.403. The highest BCUT2D eigenvalue weighted by atomic mass is 16.3. The molecule has 6 heteroatoms. The summed E-state index contributed by atoms with van der Waals surface area (Å²) in [5.74, 6) is -0.0468. The van der Waals surface area contributed by atoms with Gasteiger partial charge in [0.15, 0.2) is 0 Å². The molecule has 0 aromatic carbocycles. The molecule has 2 bridgehead atoms. The second-order valence-corrected chi connectivity index (χ2v) is 5.34. The van der Waals surface area contributed by atoms with Crippen molar-refractivity contribution in [2.75, 3.05) is 0 Å². The van der Waals surface area contributed by atoms with Crippen LogP contribution in [0.25, 0.3) is 0 Å². The number of piperidine rings is 1. The number of aromatic nitrogens is 2. The summed E-state index contributed by atoms with van der Waals surface area (Å²) in [6.45, 7) is 0.0375. The van der Waals surface area contributed by atoms with Crippen LogP contribution in [0.2, 0.25) is 0 Å². The second-order valence-electron chi connectivity index (χ2n) is 5.34. The minimum Gasteiger partial charge on any atom is -0.393 e. The number of aliphatic hydroxyl groups is 1. The third-order valence-corrected chi connectivity index (χ3v) is 4.08. The van der Waals surface area contributed by atoms with Crippen LogP contribution in [-0.2, 0) is 11.3 Å². The van der Waals surface area contributed by atoms with Crippen LogP contribution in [-0.4, -0.2) is 43.7 Å². The summed E-state index contributed by atoms with van der Waals surface area (Å²) in [6.07, 6.45) is 5.93. The molecule has 3 heterocycles. The lowest BCUT2D eigenvalue weighted by Crippen LogP contribution is -2.49. The molecule has 102 valence electrons. The molecule has 1 N–H and O–H groups in total. The topological polar surface area (TPSA) is 75.4 Å². The van der Waals surface area contributed by atoms with E-state index in [4.69, 9.17) is 0 Å². The van der Waals surface area contributed by atoms with E-state index in [-0.39, 0.29) is 30.6 Å². The van der Waals surface area contributed by atoms with Gasteiger partial charge in [-0.3, -0.25) is 9.36 Å². The number of amides is 1. The van der Waals surface area contributed by atoms with Gasteiger partial charge in [-0.2, -0.15) is 0 Å². The SMILES string of the molecule is O=C(Cn1cccnc1=O)N1C2CCC1CC(O)C2. The fraction of sp³-hybridized carbons (Fsp3) is 0.615. The maximum atomic E-state index is 12.3. The highest BCUT2D eigenvalue weighted by molar-refractivity contribution is 5.77. The van der Waals surface area contributed by atoms with E-state index in [0.29, 0.717) is 12.8 Å². The Morgan fingerprint density at radius 3 is 2.68 bits per heavy atom. The first-order valence-electron chi connectivity index (χ1n) is 6.66. The number of hydrogen-bond donors (Lipinski definition) is 1. The first-order valence-corrected chi connectivity index (χ1v) is 6.66. The van der Waals surface area contributed by atoms with Gasteiger partial charge in [0.05, 0.1) is 6.10 Å². The zero-order chi connectivity index (χ0) is 13.4. The van der Waals surface area contributed by atoms with E-state index in [1.54, 1.807) is 12.3 Å². The fourth-order valence-corrected chi connectivity index (χ4v) is 3.29. The third kappa shape index (κ3) is 2.28. The van der Waals surface area contributed by atoms with Gasteiger partial charge >= 0.3 is 5.69 Å². The fourth-order valence-electron chi connectivity index (χ4n) is 3.29. The van der Waals surface area contributed by atoms with Crippen molar-refractivity contribution in [2.45, 2.75) is 50.4 Å². The van der Waals surface area contributed by atoms with Crippen LogP contribution in [0.1, 0.15) is 25.7 Å². The van der Waals surface area contributed by atoms with Gasteiger partial charge in [0.25, 0.3) is 0 Å². The average Bonchev–Trinajstić information content (AvgIpc) is 2.65. The molecule has 0 saturated carbocycles. The van der Waals surface area contributed by atoms with Crippen molar-refractivity contribution in [3.63, 3.8) is 0 Å². The average molecular weight is 263 g/mol. The zero-order valence-corrected chi connectivity index (χ0v) is 10.6. The largest absolute Gasteiger partial charge is 0.393 e. The van der Waals surface area contributed by atoms with Crippen molar-refractivity contribution in [3.8, 4) is 0 Å². The molecule has 0 radical (unpaired) electrons. The number of aliphatic hydroxyl groups excluding tert-OH is 1. The molecule has 0 spiro atoms. The molecule has 0 aliphatic carbocycles. The van der Waals surface area contributed by atoms with Crippen molar-refractivity contribution in [1.82, 2.24) is 14.5 Å². The van der Waals surface area contributed by atoms with E-state index in [0.717, 1.165) is 12.8 Å². The van der Waals surface area contributed by atoms with Crippen molar-refractivity contribution in [1.29, 1.82) is 0 Å². The molecule has 2 aliphatic rings. The quantitative estimate of drug-likeness (QED) is 0.799. The molecule has 3 rings (SSSR count). The van der Waals surface area contributed by atoms with Crippen molar-refractivity contribution >= 4 is 5.91 Å². The van der Waals surface area contributed by atoms with E-state index in [1.165, 1.54) is 10.8 Å². The van der Waals surface area contributed by atoms with Gasteiger partial charge in [-0.25, -0.2) is 9.78 Å². The van der Waals surface area contributed by atoms with E-state index in [9.17, 15) is 14.7 Å². The number of fused-ring (bicyclic) bond motifs is 2. The number of carbonyl (C=O) groups excluding carboxylic acids is 1. The first-order chi connectivity index (χ1) is 9.15. The number of carbonyl (C=O) groups is 1. The Labute approximate surface area is 110 Å². The van der Waals surface area contributed by atoms with Gasteiger partial charge in [-0.15, -0.1) is 0 Å². The summed E-state index contributed by atoms with van der Waals surface area (Å²) in [5, 5.41) is 9.72. The Hall–Kier alpha value is -1.69. The molecule has 2 aliphatic heterocycles. The number of rotatable bonds is 2. The molecule has 2 unspecified atom stereocenters. The molecule has 19 heavy (non-hydrogen) atoms. The van der Waals surface area contributed by atoms with Gasteiger partial charge in [-0.05, 0) is 31.7 Å². The van der Waals surface area contributed by atoms with E-state index in [2.05, 4.69) is 4.98 Å². The van der Waals surface area contributed by atoms with Crippen LogP contribution in [0.4, 0.5) is 0 Å². The molecule has 1 aromatic heterocycles. The summed E-state index contributed by atoms with van der Waals surface area (Å²) < 4.78 is 1.33. The highest BCUT2D eigenvalue weighted by Crippen LogP contribution is 2.35. The third-order valence-electron chi connectivity index (χ3n) is 4.08. The molecule has 2 saturated heterocycles. The predicted octanol–water partition coefficient (Wildman–Crippen LogP) is -0.242. The zero-order valence-electron chi connectivity index (χ0n) is 10.6. The standard InChI is InChI=1S/C13H17N3O3/c17-11-6-9-2-3-10(7-11)16(9)12(18)8-15-5-1-4-14-13(15)19/h1,4-5,9-11,17H,2-3,6-8H2. The molecule has 2 fully saturated rings. The lowest BCUT2D eigenvalue weighted by molar-refractivity contribution is -0.138. The van der Waals surface area contributed by atoms with Crippen LogP contribution in [0.3, 0.4) is 0 Å². The number of nitrogens with zero attached hydrogens (tertiary/aromatic N) is 3. The van der Waals surface area contributed by atoms with Gasteiger partial charge in [-0.1, -0.05) is 0 Å². The van der Waals surface area contributed by atoms with Crippen LogP contribution in [0, 0.1) is 0 Å². The molecule has 2 atom stereocenters. The minimum atomic E-state index is -0.403. The van der Waals surface area contributed by atoms with Gasteiger partial charge in [0.2, 0.25) is 5.91 Å². The summed E-state index contributed by atoms with van der Waals surface area (Å²) in [6, 6.07) is 1.91. The van der Waals surface area contributed by atoms with Crippen molar-refractivity contribution in [3.05, 3.63) is 28.9 Å². The Balaban J connectivity index is 1.75. The lowest BCUT2D eigenvalue weighted by atomic mass is 10.00. The molecule has 1 aromatic rings. The Morgan fingerprint density at radius 1 is 1.37 bits per heavy atom. The van der Waals surface area contributed by atoms with Crippen LogP contribution in [0.15, 0.2) is 23.3 Å². The maximum absolute atomic E-state index is 12.3. The number of hydrogen-bond acceptors (Lipinski definition) is 4.